The molecule has 3 aliphatic carbocycles. The minimum Gasteiger partial charge on any atom is -0.192 e. The van der Waals surface area contributed by atoms with Crippen molar-refractivity contribution in [1.82, 2.24) is 0 Å². The molecule has 0 radical (unpaired) electrons. The van der Waals surface area contributed by atoms with Gasteiger partial charge < -0.3 is 0 Å². The summed E-state index contributed by atoms with van der Waals surface area (Å²) in [6, 6.07) is 4.59. The van der Waals surface area contributed by atoms with E-state index >= 15 is 0 Å². The number of hydrogen-bond donors (Lipinski definition) is 0. The van der Waals surface area contributed by atoms with Gasteiger partial charge in [-0.15, -0.1) is 0 Å². The summed E-state index contributed by atoms with van der Waals surface area (Å²) in [6.45, 7) is 9.31. The van der Waals surface area contributed by atoms with E-state index in [1.807, 2.05) is 0 Å². The van der Waals surface area contributed by atoms with Crippen LogP contribution in [0, 0.1) is 70.0 Å². The second kappa shape index (κ2) is 8.00. The molecule has 26 heavy (non-hydrogen) atoms. The highest BCUT2D eigenvalue weighted by atomic mass is 14.5. The summed E-state index contributed by atoms with van der Waals surface area (Å²) >= 11 is 0. The van der Waals surface area contributed by atoms with Gasteiger partial charge in [-0.05, 0) is 91.4 Å². The predicted molar refractivity (Wildman–Crippen MR) is 106 cm³/mol. The first kappa shape index (κ1) is 19.2. The number of nitriles is 2. The lowest BCUT2D eigenvalue weighted by atomic mass is 9.62. The molecule has 2 saturated carbocycles. The second-order valence-corrected chi connectivity index (χ2v) is 9.61. The van der Waals surface area contributed by atoms with Gasteiger partial charge in [0.2, 0.25) is 0 Å². The van der Waals surface area contributed by atoms with Gasteiger partial charge in [-0.25, -0.2) is 0 Å². The molecule has 6 atom stereocenters. The summed E-state index contributed by atoms with van der Waals surface area (Å²) in [5.74, 6) is 4.67. The Bertz CT molecular complexity index is 601. The number of rotatable bonds is 2. The molecule has 0 bridgehead atoms. The topological polar surface area (TPSA) is 47.6 Å². The summed E-state index contributed by atoms with van der Waals surface area (Å²) in [5, 5.41) is 19.5. The van der Waals surface area contributed by atoms with Crippen molar-refractivity contribution in [2.45, 2.75) is 66.2 Å². The van der Waals surface area contributed by atoms with Crippen LogP contribution in [0.25, 0.3) is 0 Å². The molecule has 0 N–H and O–H groups in total. The fraction of sp³-hybridized carbons (Fsp3) is 0.750. The van der Waals surface area contributed by atoms with Crippen LogP contribution in [-0.4, -0.2) is 0 Å². The maximum Gasteiger partial charge on any atom is 0.129 e. The average molecular weight is 351 g/mol. The van der Waals surface area contributed by atoms with Crippen molar-refractivity contribution in [3.8, 4) is 12.1 Å². The highest BCUT2D eigenvalue weighted by Gasteiger charge is 2.43. The molecular weight excluding hydrogens is 316 g/mol. The Balaban J connectivity index is 2.03. The van der Waals surface area contributed by atoms with Crippen LogP contribution in [0.3, 0.4) is 0 Å². The van der Waals surface area contributed by atoms with E-state index in [1.165, 1.54) is 31.3 Å². The SMILES string of the molecule is CC(C)C1CCC2C=CC3CCC(C(C)C)CC3C(=C(C#N)C#N)C2C1. The van der Waals surface area contributed by atoms with E-state index in [0.717, 1.165) is 24.7 Å². The van der Waals surface area contributed by atoms with E-state index in [9.17, 15) is 10.5 Å². The van der Waals surface area contributed by atoms with E-state index in [0.29, 0.717) is 41.1 Å². The molecule has 2 fully saturated rings. The van der Waals surface area contributed by atoms with Crippen LogP contribution in [0.15, 0.2) is 23.3 Å². The average Bonchev–Trinajstić information content (AvgIpc) is 2.79. The number of allylic oxidation sites excluding steroid dienone is 4. The molecule has 0 saturated heterocycles. The van der Waals surface area contributed by atoms with Crippen LogP contribution in [0.2, 0.25) is 0 Å². The Hall–Kier alpha value is -1.54. The van der Waals surface area contributed by atoms with Crippen molar-refractivity contribution in [2.24, 2.45) is 47.3 Å². The Morgan fingerprint density at radius 3 is 1.58 bits per heavy atom. The van der Waals surface area contributed by atoms with Gasteiger partial charge in [0.15, 0.2) is 0 Å². The smallest absolute Gasteiger partial charge is 0.129 e. The Kier molecular flexibility index (Phi) is 5.92. The zero-order valence-electron chi connectivity index (χ0n) is 16.9. The van der Waals surface area contributed by atoms with Crippen molar-refractivity contribution >= 4 is 0 Å². The molecule has 0 heterocycles. The number of hydrogen-bond acceptors (Lipinski definition) is 2. The van der Waals surface area contributed by atoms with Crippen LogP contribution in [0.1, 0.15) is 66.2 Å². The largest absolute Gasteiger partial charge is 0.192 e. The van der Waals surface area contributed by atoms with Crippen LogP contribution < -0.4 is 0 Å². The van der Waals surface area contributed by atoms with Crippen LogP contribution >= 0.6 is 0 Å². The van der Waals surface area contributed by atoms with E-state index in [-0.39, 0.29) is 0 Å². The highest BCUT2D eigenvalue weighted by molar-refractivity contribution is 5.44. The first-order valence-corrected chi connectivity index (χ1v) is 10.7. The van der Waals surface area contributed by atoms with Crippen molar-refractivity contribution in [1.29, 1.82) is 10.5 Å². The van der Waals surface area contributed by atoms with Gasteiger partial charge in [-0.3, -0.25) is 0 Å². The third kappa shape index (κ3) is 3.62. The van der Waals surface area contributed by atoms with Crippen molar-refractivity contribution in [3.63, 3.8) is 0 Å². The van der Waals surface area contributed by atoms with E-state index < -0.39 is 0 Å². The van der Waals surface area contributed by atoms with E-state index in [2.05, 4.69) is 52.0 Å². The third-order valence-corrected chi connectivity index (χ3v) is 7.69. The maximum atomic E-state index is 9.75. The molecule has 0 aromatic carbocycles. The number of fused-ring (bicyclic) bond motifs is 2. The van der Waals surface area contributed by atoms with Crippen LogP contribution in [0.5, 0.6) is 0 Å². The predicted octanol–water partition coefficient (Wildman–Crippen LogP) is 6.28. The molecular formula is C24H34N2. The Morgan fingerprint density at radius 1 is 0.808 bits per heavy atom. The highest BCUT2D eigenvalue weighted by Crippen LogP contribution is 2.52. The molecule has 6 unspecified atom stereocenters. The molecule has 2 heteroatoms. The minimum atomic E-state index is 0.405. The summed E-state index contributed by atoms with van der Waals surface area (Å²) in [5.41, 5.74) is 1.68. The van der Waals surface area contributed by atoms with Gasteiger partial charge in [-0.2, -0.15) is 10.5 Å². The molecule has 0 spiro atoms. The zero-order chi connectivity index (χ0) is 18.8. The standard InChI is InChI=1S/C24H34N2/c1-15(2)19-9-7-17-5-6-18-8-10-20(16(3)4)12-23(18)24(22(17)11-19)21(13-25)14-26/h5-6,15-20,22-23H,7-12H2,1-4H3. The normalized spacial score (nSPS) is 36.7. The second-order valence-electron chi connectivity index (χ2n) is 9.61. The van der Waals surface area contributed by atoms with Gasteiger partial charge in [0.25, 0.3) is 0 Å². The summed E-state index contributed by atoms with van der Waals surface area (Å²) in [7, 11) is 0. The molecule has 140 valence electrons. The Labute approximate surface area is 160 Å². The lowest BCUT2D eigenvalue weighted by Crippen LogP contribution is -2.33. The Morgan fingerprint density at radius 2 is 1.23 bits per heavy atom. The molecule has 0 aromatic rings. The summed E-state index contributed by atoms with van der Waals surface area (Å²) in [6.07, 6.45) is 12.2. The van der Waals surface area contributed by atoms with Crippen molar-refractivity contribution in [3.05, 3.63) is 23.3 Å². The van der Waals surface area contributed by atoms with Crippen LogP contribution in [-0.2, 0) is 0 Å². The lowest BCUT2D eigenvalue weighted by Gasteiger charge is -2.42. The zero-order valence-corrected chi connectivity index (χ0v) is 16.9. The third-order valence-electron chi connectivity index (χ3n) is 7.69. The quantitative estimate of drug-likeness (QED) is 0.435. The van der Waals surface area contributed by atoms with Gasteiger partial charge >= 0.3 is 0 Å². The fourth-order valence-corrected chi connectivity index (χ4v) is 5.93. The molecule has 0 amide bonds. The van der Waals surface area contributed by atoms with Gasteiger partial charge in [-0.1, -0.05) is 39.8 Å². The summed E-state index contributed by atoms with van der Waals surface area (Å²) < 4.78 is 0. The van der Waals surface area contributed by atoms with Crippen molar-refractivity contribution in [2.75, 3.05) is 0 Å². The van der Waals surface area contributed by atoms with Gasteiger partial charge in [0.1, 0.15) is 17.7 Å². The molecule has 3 aliphatic rings. The monoisotopic (exact) mass is 350 g/mol. The fourth-order valence-electron chi connectivity index (χ4n) is 5.93. The lowest BCUT2D eigenvalue weighted by molar-refractivity contribution is 0.159. The van der Waals surface area contributed by atoms with E-state index in [4.69, 9.17) is 0 Å². The van der Waals surface area contributed by atoms with Crippen molar-refractivity contribution < 1.29 is 0 Å². The first-order chi connectivity index (χ1) is 12.5. The minimum absolute atomic E-state index is 0.405. The molecule has 0 aromatic heterocycles. The van der Waals surface area contributed by atoms with Gasteiger partial charge in [0.05, 0.1) is 0 Å². The number of nitrogens with zero attached hydrogens (tertiary/aromatic N) is 2. The van der Waals surface area contributed by atoms with E-state index in [1.54, 1.807) is 0 Å². The first-order valence-electron chi connectivity index (χ1n) is 10.7. The summed E-state index contributed by atoms with van der Waals surface area (Å²) in [4.78, 5) is 0. The van der Waals surface area contributed by atoms with Gasteiger partial charge in [0, 0.05) is 0 Å². The molecule has 3 rings (SSSR count). The molecule has 2 nitrogen and oxygen atoms in total. The molecule has 0 aliphatic heterocycles. The van der Waals surface area contributed by atoms with Crippen LogP contribution in [0.4, 0.5) is 0 Å². The maximum absolute atomic E-state index is 9.75.